The standard InChI is InChI=1S/C20H27N5O4/c1-5-10-28-15-9-8-14(12-16(15)27-7-3)18-17(19(26)29-11-6-2)13(4)21-20-22-23-24-25(18)20/h8-9,12,18H,5-7,10-11H2,1-4H3,(H,21,22,24). The van der Waals surface area contributed by atoms with Crippen molar-refractivity contribution in [3.63, 3.8) is 0 Å². The summed E-state index contributed by atoms with van der Waals surface area (Å²) in [6.07, 6.45) is 1.63. The number of fused-ring (bicyclic) bond motifs is 1. The van der Waals surface area contributed by atoms with Gasteiger partial charge in [-0.1, -0.05) is 25.0 Å². The smallest absolute Gasteiger partial charge is 0.338 e. The maximum absolute atomic E-state index is 12.8. The molecule has 9 heteroatoms. The number of tetrazole rings is 1. The molecule has 0 bridgehead atoms. The van der Waals surface area contributed by atoms with Crippen LogP contribution in [0.2, 0.25) is 0 Å². The Hall–Kier alpha value is -3.10. The first kappa shape index (κ1) is 20.6. The highest BCUT2D eigenvalue weighted by molar-refractivity contribution is 5.92. The predicted molar refractivity (Wildman–Crippen MR) is 107 cm³/mol. The van der Waals surface area contributed by atoms with E-state index in [-0.39, 0.29) is 0 Å². The summed E-state index contributed by atoms with van der Waals surface area (Å²) >= 11 is 0. The molecule has 1 aliphatic rings. The van der Waals surface area contributed by atoms with Crippen LogP contribution in [-0.4, -0.2) is 46.0 Å². The molecule has 1 unspecified atom stereocenters. The van der Waals surface area contributed by atoms with Crippen LogP contribution in [0.3, 0.4) is 0 Å². The number of nitrogens with zero attached hydrogens (tertiary/aromatic N) is 4. The summed E-state index contributed by atoms with van der Waals surface area (Å²) in [6.45, 7) is 9.16. The molecule has 1 atom stereocenters. The van der Waals surface area contributed by atoms with Crippen molar-refractivity contribution < 1.29 is 19.0 Å². The maximum atomic E-state index is 12.8. The van der Waals surface area contributed by atoms with Gasteiger partial charge in [-0.3, -0.25) is 0 Å². The van der Waals surface area contributed by atoms with Gasteiger partial charge in [0.2, 0.25) is 5.95 Å². The first-order valence-corrected chi connectivity index (χ1v) is 9.92. The minimum Gasteiger partial charge on any atom is -0.490 e. The number of carbonyl (C=O) groups is 1. The summed E-state index contributed by atoms with van der Waals surface area (Å²) in [5.41, 5.74) is 1.92. The normalized spacial score (nSPS) is 15.5. The van der Waals surface area contributed by atoms with Crippen LogP contribution in [0.5, 0.6) is 11.5 Å². The molecule has 0 saturated carbocycles. The third-order valence-corrected chi connectivity index (χ3v) is 4.42. The maximum Gasteiger partial charge on any atom is 0.338 e. The fourth-order valence-corrected chi connectivity index (χ4v) is 3.15. The molecule has 0 amide bonds. The fraction of sp³-hybridized carbons (Fsp3) is 0.500. The summed E-state index contributed by atoms with van der Waals surface area (Å²) in [6, 6.07) is 5.09. The van der Waals surface area contributed by atoms with Gasteiger partial charge in [0.15, 0.2) is 11.5 Å². The van der Waals surface area contributed by atoms with Gasteiger partial charge in [0.25, 0.3) is 0 Å². The highest BCUT2D eigenvalue weighted by Gasteiger charge is 2.35. The van der Waals surface area contributed by atoms with Gasteiger partial charge < -0.3 is 19.5 Å². The summed E-state index contributed by atoms with van der Waals surface area (Å²) in [5.74, 6) is 1.35. The molecule has 0 radical (unpaired) electrons. The van der Waals surface area contributed by atoms with Crippen LogP contribution in [0.25, 0.3) is 0 Å². The largest absolute Gasteiger partial charge is 0.490 e. The second-order valence-electron chi connectivity index (χ2n) is 6.64. The number of aromatic nitrogens is 4. The number of allylic oxidation sites excluding steroid dienone is 1. The molecular weight excluding hydrogens is 374 g/mol. The molecule has 9 nitrogen and oxygen atoms in total. The van der Waals surface area contributed by atoms with Crippen molar-refractivity contribution in [3.8, 4) is 11.5 Å². The number of rotatable bonds is 9. The van der Waals surface area contributed by atoms with Gasteiger partial charge >= 0.3 is 5.97 Å². The number of esters is 1. The number of hydrogen-bond donors (Lipinski definition) is 1. The van der Waals surface area contributed by atoms with Crippen molar-refractivity contribution in [2.24, 2.45) is 0 Å². The molecule has 1 aromatic carbocycles. The molecule has 1 N–H and O–H groups in total. The zero-order chi connectivity index (χ0) is 20.8. The molecular formula is C20H27N5O4. The van der Waals surface area contributed by atoms with Gasteiger partial charge in [0, 0.05) is 5.70 Å². The van der Waals surface area contributed by atoms with Gasteiger partial charge in [0.05, 0.1) is 25.4 Å². The summed E-state index contributed by atoms with van der Waals surface area (Å²) < 4.78 is 18.6. The van der Waals surface area contributed by atoms with Gasteiger partial charge in [-0.2, -0.15) is 4.68 Å². The first-order valence-electron chi connectivity index (χ1n) is 9.92. The van der Waals surface area contributed by atoms with Crippen molar-refractivity contribution in [2.45, 2.75) is 46.6 Å². The lowest BCUT2D eigenvalue weighted by Gasteiger charge is -2.28. The van der Waals surface area contributed by atoms with Gasteiger partial charge in [-0.05, 0) is 54.8 Å². The Labute approximate surface area is 170 Å². The lowest BCUT2D eigenvalue weighted by Crippen LogP contribution is -2.29. The summed E-state index contributed by atoms with van der Waals surface area (Å²) in [4.78, 5) is 12.8. The number of anilines is 1. The van der Waals surface area contributed by atoms with Gasteiger partial charge in [-0.25, -0.2) is 4.79 Å². The van der Waals surface area contributed by atoms with E-state index >= 15 is 0 Å². The number of hydrogen-bond acceptors (Lipinski definition) is 8. The van der Waals surface area contributed by atoms with Crippen LogP contribution >= 0.6 is 0 Å². The van der Waals surface area contributed by atoms with E-state index in [9.17, 15) is 4.79 Å². The SMILES string of the molecule is CCCOC(=O)C1=C(C)Nc2nnnn2C1c1ccc(OCCC)c(OCC)c1. The molecule has 2 heterocycles. The van der Waals surface area contributed by atoms with Crippen LogP contribution in [-0.2, 0) is 9.53 Å². The minimum absolute atomic E-state index is 0.346. The van der Waals surface area contributed by atoms with Gasteiger partial charge in [0.1, 0.15) is 6.04 Å². The molecule has 1 aliphatic heterocycles. The van der Waals surface area contributed by atoms with E-state index in [1.54, 1.807) is 4.68 Å². The molecule has 3 rings (SSSR count). The van der Waals surface area contributed by atoms with Crippen LogP contribution in [0, 0.1) is 0 Å². The Morgan fingerprint density at radius 3 is 2.66 bits per heavy atom. The van der Waals surface area contributed by atoms with E-state index in [1.165, 1.54) is 0 Å². The lowest BCUT2D eigenvalue weighted by molar-refractivity contribution is -0.139. The zero-order valence-corrected chi connectivity index (χ0v) is 17.3. The molecule has 0 fully saturated rings. The average Bonchev–Trinajstić information content (AvgIpc) is 3.18. The molecule has 2 aromatic rings. The topological polar surface area (TPSA) is 100 Å². The summed E-state index contributed by atoms with van der Waals surface area (Å²) in [7, 11) is 0. The van der Waals surface area contributed by atoms with Crippen molar-refractivity contribution >= 4 is 11.9 Å². The number of benzene rings is 1. The van der Waals surface area contributed by atoms with E-state index < -0.39 is 12.0 Å². The third kappa shape index (κ3) is 4.33. The molecule has 0 aliphatic carbocycles. The fourth-order valence-electron chi connectivity index (χ4n) is 3.15. The minimum atomic E-state index is -0.537. The molecule has 29 heavy (non-hydrogen) atoms. The number of carbonyl (C=O) groups excluding carboxylic acids is 1. The Morgan fingerprint density at radius 1 is 1.14 bits per heavy atom. The second-order valence-corrected chi connectivity index (χ2v) is 6.64. The molecule has 0 saturated heterocycles. The van der Waals surface area contributed by atoms with E-state index in [4.69, 9.17) is 14.2 Å². The van der Waals surface area contributed by atoms with Crippen LogP contribution in [0.15, 0.2) is 29.5 Å². The first-order chi connectivity index (χ1) is 14.1. The van der Waals surface area contributed by atoms with Crippen LogP contribution < -0.4 is 14.8 Å². The Balaban J connectivity index is 2.05. The zero-order valence-electron chi connectivity index (χ0n) is 17.3. The van der Waals surface area contributed by atoms with Crippen LogP contribution in [0.4, 0.5) is 5.95 Å². The van der Waals surface area contributed by atoms with Crippen molar-refractivity contribution in [3.05, 3.63) is 35.0 Å². The number of ether oxygens (including phenoxy) is 3. The van der Waals surface area contributed by atoms with E-state index in [0.29, 0.717) is 48.5 Å². The Morgan fingerprint density at radius 2 is 1.93 bits per heavy atom. The number of nitrogens with one attached hydrogen (secondary N) is 1. The Bertz CT molecular complexity index is 893. The van der Waals surface area contributed by atoms with E-state index in [1.807, 2.05) is 45.9 Å². The average molecular weight is 401 g/mol. The van der Waals surface area contributed by atoms with Crippen molar-refractivity contribution in [2.75, 3.05) is 25.1 Å². The van der Waals surface area contributed by atoms with Crippen molar-refractivity contribution in [1.82, 2.24) is 20.2 Å². The lowest BCUT2D eigenvalue weighted by atomic mass is 9.95. The quantitative estimate of drug-likeness (QED) is 0.640. The van der Waals surface area contributed by atoms with E-state index in [0.717, 1.165) is 18.4 Å². The third-order valence-electron chi connectivity index (χ3n) is 4.42. The monoisotopic (exact) mass is 401 g/mol. The summed E-state index contributed by atoms with van der Waals surface area (Å²) in [5, 5.41) is 14.9. The van der Waals surface area contributed by atoms with Gasteiger partial charge in [-0.15, -0.1) is 0 Å². The molecule has 156 valence electrons. The highest BCUT2D eigenvalue weighted by Crippen LogP contribution is 2.38. The molecule has 0 spiro atoms. The second kappa shape index (κ2) is 9.40. The highest BCUT2D eigenvalue weighted by atomic mass is 16.5. The Kier molecular flexibility index (Phi) is 6.69. The predicted octanol–water partition coefficient (Wildman–Crippen LogP) is 3.10. The molecule has 1 aromatic heterocycles. The van der Waals surface area contributed by atoms with Crippen molar-refractivity contribution in [1.29, 1.82) is 0 Å². The van der Waals surface area contributed by atoms with Crippen LogP contribution in [0.1, 0.15) is 52.1 Å². The van der Waals surface area contributed by atoms with E-state index in [2.05, 4.69) is 20.8 Å².